The van der Waals surface area contributed by atoms with Gasteiger partial charge >= 0.3 is 0 Å². The second-order valence-corrected chi connectivity index (χ2v) is 9.99. The van der Waals surface area contributed by atoms with Crippen LogP contribution < -0.4 is 5.32 Å². The first-order chi connectivity index (χ1) is 15.0. The zero-order valence-corrected chi connectivity index (χ0v) is 19.0. The van der Waals surface area contributed by atoms with Crippen LogP contribution in [0, 0.1) is 5.92 Å². The average molecular weight is 435 g/mol. The minimum absolute atomic E-state index is 0.0202. The first kappa shape index (κ1) is 21.7. The molecule has 3 atom stereocenters. The average Bonchev–Trinajstić information content (AvgIpc) is 2.78. The van der Waals surface area contributed by atoms with E-state index in [1.54, 1.807) is 11.8 Å². The van der Waals surface area contributed by atoms with E-state index in [0.29, 0.717) is 11.8 Å². The van der Waals surface area contributed by atoms with Crippen molar-refractivity contribution in [2.24, 2.45) is 5.92 Å². The van der Waals surface area contributed by atoms with Gasteiger partial charge in [-0.3, -0.25) is 9.59 Å². The molecule has 2 aliphatic rings. The van der Waals surface area contributed by atoms with Crippen molar-refractivity contribution in [3.63, 3.8) is 0 Å². The summed E-state index contributed by atoms with van der Waals surface area (Å²) in [6.07, 6.45) is 4.50. The highest BCUT2D eigenvalue weighted by Crippen LogP contribution is 2.40. The zero-order chi connectivity index (χ0) is 21.8. The Kier molecular flexibility index (Phi) is 6.81. The number of nitrogens with one attached hydrogen (secondary N) is 1. The summed E-state index contributed by atoms with van der Waals surface area (Å²) in [5.74, 6) is 0.156. The summed E-state index contributed by atoms with van der Waals surface area (Å²) in [5, 5.41) is 3.52. The van der Waals surface area contributed by atoms with Crippen molar-refractivity contribution in [1.82, 2.24) is 10.2 Å². The van der Waals surface area contributed by atoms with Crippen molar-refractivity contribution in [2.75, 3.05) is 0 Å². The number of hydrogen-bond donors (Lipinski definition) is 1. The molecule has 1 heterocycles. The Bertz CT molecular complexity index is 942. The second-order valence-electron chi connectivity index (χ2n) is 8.71. The van der Waals surface area contributed by atoms with Gasteiger partial charge in [0.25, 0.3) is 5.91 Å². The molecule has 1 saturated carbocycles. The third-order valence-corrected chi connectivity index (χ3v) is 7.58. The molecule has 2 aromatic rings. The lowest BCUT2D eigenvalue weighted by Gasteiger charge is -2.41. The largest absolute Gasteiger partial charge is 0.348 e. The summed E-state index contributed by atoms with van der Waals surface area (Å²) in [7, 11) is 0. The van der Waals surface area contributed by atoms with Crippen LogP contribution in [0.3, 0.4) is 0 Å². The molecule has 2 fully saturated rings. The van der Waals surface area contributed by atoms with E-state index in [2.05, 4.69) is 31.3 Å². The van der Waals surface area contributed by atoms with E-state index < -0.39 is 0 Å². The van der Waals surface area contributed by atoms with Crippen molar-refractivity contribution < 1.29 is 9.59 Å². The van der Waals surface area contributed by atoms with Crippen molar-refractivity contribution in [1.29, 1.82) is 0 Å². The fourth-order valence-corrected chi connectivity index (χ4v) is 5.74. The van der Waals surface area contributed by atoms with Crippen molar-refractivity contribution in [3.05, 3.63) is 76.7 Å². The first-order valence-corrected chi connectivity index (χ1v) is 12.0. The van der Waals surface area contributed by atoms with E-state index in [1.807, 2.05) is 59.5 Å². The summed E-state index contributed by atoms with van der Waals surface area (Å²) in [5.41, 5.74) is 2.19. The summed E-state index contributed by atoms with van der Waals surface area (Å²) < 4.78 is 0. The number of benzene rings is 2. The fourth-order valence-electron chi connectivity index (χ4n) is 4.45. The third-order valence-electron chi connectivity index (χ3n) is 6.15. The molecule has 1 N–H and O–H groups in total. The van der Waals surface area contributed by atoms with Crippen LogP contribution in [0.2, 0.25) is 0 Å². The molecule has 0 bridgehead atoms. The number of fused-ring (bicyclic) bond motifs is 1. The van der Waals surface area contributed by atoms with Gasteiger partial charge < -0.3 is 10.2 Å². The van der Waals surface area contributed by atoms with Gasteiger partial charge in [-0.05, 0) is 50.3 Å². The summed E-state index contributed by atoms with van der Waals surface area (Å²) >= 11 is 1.67. The molecule has 2 aromatic carbocycles. The van der Waals surface area contributed by atoms with Crippen LogP contribution in [0.4, 0.5) is 0 Å². The molecule has 0 radical (unpaired) electrons. The molecule has 4 nitrogen and oxygen atoms in total. The predicted octanol–water partition coefficient (Wildman–Crippen LogP) is 4.87. The molecular weight excluding hydrogens is 404 g/mol. The van der Waals surface area contributed by atoms with Crippen molar-refractivity contribution in [3.8, 4) is 0 Å². The van der Waals surface area contributed by atoms with Crippen LogP contribution in [0.25, 0.3) is 6.08 Å². The highest BCUT2D eigenvalue weighted by atomic mass is 32.2. The van der Waals surface area contributed by atoms with Gasteiger partial charge in [0.2, 0.25) is 5.91 Å². The SMILES string of the molecule is CC(C)N(Cc1ccccc1)C(=O)C1CCC2S/C(=C\c3ccccc3)C(=O)NC2C1. The highest BCUT2D eigenvalue weighted by molar-refractivity contribution is 8.04. The molecule has 2 amide bonds. The number of rotatable bonds is 5. The maximum Gasteiger partial charge on any atom is 0.257 e. The number of carbonyl (C=O) groups excluding carboxylic acids is 2. The first-order valence-electron chi connectivity index (χ1n) is 11.1. The van der Waals surface area contributed by atoms with Gasteiger partial charge in [-0.15, -0.1) is 11.8 Å². The number of amides is 2. The number of thioether (sulfide) groups is 1. The standard InChI is InChI=1S/C26H30N2O2S/c1-18(2)28(17-20-11-7-4-8-12-20)26(30)21-13-14-23-22(16-21)27-25(29)24(31-23)15-19-9-5-3-6-10-19/h3-12,15,18,21-23H,13-14,16-17H2,1-2H3,(H,27,29)/b24-15-. The topological polar surface area (TPSA) is 49.4 Å². The molecule has 0 aromatic heterocycles. The summed E-state index contributed by atoms with van der Waals surface area (Å²) in [4.78, 5) is 28.9. The lowest BCUT2D eigenvalue weighted by atomic mass is 9.83. The monoisotopic (exact) mass is 434 g/mol. The van der Waals surface area contributed by atoms with Crippen LogP contribution in [0.15, 0.2) is 65.6 Å². The lowest BCUT2D eigenvalue weighted by molar-refractivity contribution is -0.139. The molecule has 1 aliphatic carbocycles. The minimum atomic E-state index is -0.0343. The van der Waals surface area contributed by atoms with Crippen LogP contribution in [-0.2, 0) is 16.1 Å². The van der Waals surface area contributed by atoms with E-state index in [0.717, 1.165) is 35.3 Å². The Hall–Kier alpha value is -2.53. The van der Waals surface area contributed by atoms with Gasteiger partial charge in [0, 0.05) is 29.8 Å². The smallest absolute Gasteiger partial charge is 0.257 e. The van der Waals surface area contributed by atoms with Crippen LogP contribution in [0.1, 0.15) is 44.2 Å². The van der Waals surface area contributed by atoms with Crippen LogP contribution >= 0.6 is 11.8 Å². The molecule has 1 aliphatic heterocycles. The molecule has 3 unspecified atom stereocenters. The highest BCUT2D eigenvalue weighted by Gasteiger charge is 2.40. The van der Waals surface area contributed by atoms with Crippen molar-refractivity contribution in [2.45, 2.75) is 57.0 Å². The quantitative estimate of drug-likeness (QED) is 0.684. The van der Waals surface area contributed by atoms with Crippen LogP contribution in [0.5, 0.6) is 0 Å². The summed E-state index contributed by atoms with van der Waals surface area (Å²) in [6.45, 7) is 4.78. The second kappa shape index (κ2) is 9.73. The third kappa shape index (κ3) is 5.21. The Morgan fingerprint density at radius 3 is 2.45 bits per heavy atom. The maximum absolute atomic E-state index is 13.4. The molecule has 4 rings (SSSR count). The minimum Gasteiger partial charge on any atom is -0.348 e. The lowest BCUT2D eigenvalue weighted by Crippen LogP contribution is -2.52. The molecule has 1 saturated heterocycles. The predicted molar refractivity (Wildman–Crippen MR) is 127 cm³/mol. The van der Waals surface area contributed by atoms with E-state index in [9.17, 15) is 9.59 Å². The van der Waals surface area contributed by atoms with Crippen LogP contribution in [-0.4, -0.2) is 34.0 Å². The number of nitrogens with zero attached hydrogens (tertiary/aromatic N) is 1. The van der Waals surface area contributed by atoms with Gasteiger partial charge in [-0.25, -0.2) is 0 Å². The van der Waals surface area contributed by atoms with E-state index in [-0.39, 0.29) is 29.8 Å². The normalized spacial score (nSPS) is 24.5. The van der Waals surface area contributed by atoms with E-state index >= 15 is 0 Å². The Balaban J connectivity index is 1.42. The zero-order valence-electron chi connectivity index (χ0n) is 18.2. The van der Waals surface area contributed by atoms with E-state index in [1.165, 1.54) is 0 Å². The van der Waals surface area contributed by atoms with Gasteiger partial charge in [0.05, 0.1) is 4.91 Å². The fraction of sp³-hybridized carbons (Fsp3) is 0.385. The summed E-state index contributed by atoms with van der Waals surface area (Å²) in [6, 6.07) is 20.3. The molecule has 162 valence electrons. The van der Waals surface area contributed by atoms with Gasteiger partial charge in [0.15, 0.2) is 0 Å². The Morgan fingerprint density at radius 2 is 1.77 bits per heavy atom. The van der Waals surface area contributed by atoms with Gasteiger partial charge in [-0.1, -0.05) is 60.7 Å². The number of hydrogen-bond acceptors (Lipinski definition) is 3. The molecule has 5 heteroatoms. The molecular formula is C26H30N2O2S. The van der Waals surface area contributed by atoms with E-state index in [4.69, 9.17) is 0 Å². The van der Waals surface area contributed by atoms with Gasteiger partial charge in [-0.2, -0.15) is 0 Å². The number of carbonyl (C=O) groups is 2. The maximum atomic E-state index is 13.4. The van der Waals surface area contributed by atoms with Gasteiger partial charge in [0.1, 0.15) is 0 Å². The molecule has 31 heavy (non-hydrogen) atoms. The molecule has 0 spiro atoms. The Morgan fingerprint density at radius 1 is 1.10 bits per heavy atom. The Labute approximate surface area is 189 Å². The van der Waals surface area contributed by atoms with Crippen molar-refractivity contribution >= 4 is 29.7 Å².